The molecule has 3 heterocycles. The number of hydrogen-bond donors (Lipinski definition) is 1. The lowest BCUT2D eigenvalue weighted by Crippen LogP contribution is -3.16. The van der Waals surface area contributed by atoms with Gasteiger partial charge in [0.05, 0.1) is 12.2 Å². The van der Waals surface area contributed by atoms with Crippen molar-refractivity contribution >= 4 is 34.9 Å². The molecule has 0 radical (unpaired) electrons. The van der Waals surface area contributed by atoms with Crippen molar-refractivity contribution in [3.05, 3.63) is 64.9 Å². The first-order valence-corrected chi connectivity index (χ1v) is 10.1. The van der Waals surface area contributed by atoms with Gasteiger partial charge in [-0.05, 0) is 48.5 Å². The highest BCUT2D eigenvalue weighted by molar-refractivity contribution is 6.31. The van der Waals surface area contributed by atoms with E-state index in [1.807, 2.05) is 0 Å². The molecule has 29 heavy (non-hydrogen) atoms. The number of carbonyl (C=O) groups is 3. The van der Waals surface area contributed by atoms with Gasteiger partial charge in [-0.15, -0.1) is 0 Å². The number of quaternary nitrogens is 1. The summed E-state index contributed by atoms with van der Waals surface area (Å²) < 4.78 is 13.3. The number of fused-ring (bicyclic) bond motifs is 3. The maximum absolute atomic E-state index is 13.4. The predicted molar refractivity (Wildman–Crippen MR) is 104 cm³/mol. The molecule has 5 rings (SSSR count). The second-order valence-corrected chi connectivity index (χ2v) is 8.40. The fraction of sp³-hybridized carbons (Fsp3) is 0.318. The number of carbonyl (C=O) groups excluding carboxylic acids is 3. The van der Waals surface area contributed by atoms with E-state index in [9.17, 15) is 18.8 Å². The first kappa shape index (κ1) is 18.5. The standard InChI is InChI=1S/C22H18ClFN2O3/c23-13-5-9-15(10-6-13)26-21(28)17-16-2-1-11-25(16)19(18(17)22(26)29)20(27)12-3-7-14(24)8-4-12/h3-10,16-19H,1-2,11H2/p+1/t16-,17-,18+,19+/m1/s1. The summed E-state index contributed by atoms with van der Waals surface area (Å²) in [6, 6.07) is 11.3. The van der Waals surface area contributed by atoms with E-state index in [1.54, 1.807) is 24.3 Å². The van der Waals surface area contributed by atoms with Gasteiger partial charge in [0.25, 0.3) is 0 Å². The molecule has 0 aliphatic carbocycles. The molecule has 5 nitrogen and oxygen atoms in total. The van der Waals surface area contributed by atoms with Gasteiger partial charge < -0.3 is 4.90 Å². The third-order valence-electron chi connectivity index (χ3n) is 6.54. The van der Waals surface area contributed by atoms with E-state index in [4.69, 9.17) is 11.6 Å². The van der Waals surface area contributed by atoms with Gasteiger partial charge in [0, 0.05) is 23.4 Å². The Balaban J connectivity index is 1.54. The number of imide groups is 1. The number of rotatable bonds is 3. The van der Waals surface area contributed by atoms with Crippen molar-refractivity contribution in [2.75, 3.05) is 11.4 Å². The first-order valence-electron chi connectivity index (χ1n) is 9.76. The fourth-order valence-electron chi connectivity index (χ4n) is 5.38. The monoisotopic (exact) mass is 413 g/mol. The minimum absolute atomic E-state index is 0.0388. The number of benzene rings is 2. The lowest BCUT2D eigenvalue weighted by Gasteiger charge is -2.25. The quantitative estimate of drug-likeness (QED) is 0.617. The maximum Gasteiger partial charge on any atom is 0.244 e. The summed E-state index contributed by atoms with van der Waals surface area (Å²) in [7, 11) is 0. The van der Waals surface area contributed by atoms with E-state index < -0.39 is 23.7 Å². The molecule has 3 fully saturated rings. The second kappa shape index (κ2) is 6.75. The molecule has 7 heteroatoms. The number of amides is 2. The summed E-state index contributed by atoms with van der Waals surface area (Å²) in [5, 5.41) is 0.517. The summed E-state index contributed by atoms with van der Waals surface area (Å²) >= 11 is 5.94. The van der Waals surface area contributed by atoms with Crippen LogP contribution < -0.4 is 9.80 Å². The molecule has 2 aromatic carbocycles. The predicted octanol–water partition coefficient (Wildman–Crippen LogP) is 1.90. The van der Waals surface area contributed by atoms with E-state index in [0.29, 0.717) is 16.3 Å². The molecule has 3 aliphatic heterocycles. The molecular weight excluding hydrogens is 395 g/mol. The number of hydrogen-bond acceptors (Lipinski definition) is 3. The number of nitrogens with zero attached hydrogens (tertiary/aromatic N) is 1. The molecule has 0 spiro atoms. The van der Waals surface area contributed by atoms with Crippen molar-refractivity contribution < 1.29 is 23.7 Å². The Morgan fingerprint density at radius 2 is 1.66 bits per heavy atom. The highest BCUT2D eigenvalue weighted by Gasteiger charge is 2.68. The summed E-state index contributed by atoms with van der Waals surface area (Å²) in [5.41, 5.74) is 0.853. The zero-order valence-electron chi connectivity index (χ0n) is 15.5. The molecule has 0 bridgehead atoms. The highest BCUT2D eigenvalue weighted by atomic mass is 35.5. The van der Waals surface area contributed by atoms with Gasteiger partial charge in [-0.25, -0.2) is 9.29 Å². The molecular formula is C22H19ClFN2O3+. The number of ketones is 1. The zero-order valence-corrected chi connectivity index (χ0v) is 16.2. The maximum atomic E-state index is 13.4. The Labute approximate surface area is 172 Å². The van der Waals surface area contributed by atoms with Crippen molar-refractivity contribution in [3.63, 3.8) is 0 Å². The molecule has 1 unspecified atom stereocenters. The molecule has 1 N–H and O–H groups in total. The molecule has 5 atom stereocenters. The Morgan fingerprint density at radius 1 is 1.00 bits per heavy atom. The Kier molecular flexibility index (Phi) is 4.29. The van der Waals surface area contributed by atoms with Crippen molar-refractivity contribution in [1.29, 1.82) is 0 Å². The summed E-state index contributed by atoms with van der Waals surface area (Å²) in [5.74, 6) is -2.36. The van der Waals surface area contributed by atoms with Gasteiger partial charge in [-0.3, -0.25) is 14.4 Å². The minimum atomic E-state index is -0.684. The molecule has 0 saturated carbocycles. The number of halogens is 2. The van der Waals surface area contributed by atoms with Crippen LogP contribution in [-0.4, -0.2) is 36.2 Å². The average Bonchev–Trinajstić information content (AvgIpc) is 3.35. The summed E-state index contributed by atoms with van der Waals surface area (Å²) in [6.07, 6.45) is 1.73. The Bertz CT molecular complexity index is 1010. The van der Waals surface area contributed by atoms with Crippen molar-refractivity contribution in [3.8, 4) is 0 Å². The van der Waals surface area contributed by atoms with E-state index in [-0.39, 0.29) is 23.6 Å². The topological polar surface area (TPSA) is 58.9 Å². The fourth-order valence-corrected chi connectivity index (χ4v) is 5.51. The molecule has 148 valence electrons. The lowest BCUT2D eigenvalue weighted by molar-refractivity contribution is -0.915. The molecule has 0 aromatic heterocycles. The molecule has 3 saturated heterocycles. The van der Waals surface area contributed by atoms with Crippen LogP contribution in [0.5, 0.6) is 0 Å². The third-order valence-corrected chi connectivity index (χ3v) is 6.79. The van der Waals surface area contributed by atoms with E-state index in [2.05, 4.69) is 0 Å². The van der Waals surface area contributed by atoms with Crippen LogP contribution >= 0.6 is 11.6 Å². The van der Waals surface area contributed by atoms with Gasteiger partial charge in [-0.1, -0.05) is 11.6 Å². The Hall–Kier alpha value is -2.57. The smallest absolute Gasteiger partial charge is 0.244 e. The van der Waals surface area contributed by atoms with Crippen LogP contribution in [0.2, 0.25) is 5.02 Å². The van der Waals surface area contributed by atoms with Crippen molar-refractivity contribution in [2.45, 2.75) is 24.9 Å². The van der Waals surface area contributed by atoms with Gasteiger partial charge in [-0.2, -0.15) is 0 Å². The number of anilines is 1. The SMILES string of the molecule is O=C(c1ccc(F)cc1)[C@@H]1[C@H]2C(=O)N(c3ccc(Cl)cc3)C(=O)[C@@H]2[C@H]2CCC[NH+]21. The zero-order chi connectivity index (χ0) is 20.3. The van der Waals surface area contributed by atoms with E-state index >= 15 is 0 Å². The van der Waals surface area contributed by atoms with Crippen LogP contribution in [0.15, 0.2) is 48.5 Å². The number of Topliss-reactive ketones (excluding diaryl/α,β-unsaturated/α-hetero) is 1. The van der Waals surface area contributed by atoms with Crippen molar-refractivity contribution in [1.82, 2.24) is 0 Å². The van der Waals surface area contributed by atoms with E-state index in [0.717, 1.165) is 24.3 Å². The normalized spacial score (nSPS) is 30.6. The largest absolute Gasteiger partial charge is 0.322 e. The third kappa shape index (κ3) is 2.74. The minimum Gasteiger partial charge on any atom is -0.322 e. The molecule has 3 aliphatic rings. The van der Waals surface area contributed by atoms with Gasteiger partial charge >= 0.3 is 0 Å². The van der Waals surface area contributed by atoms with Crippen molar-refractivity contribution in [2.24, 2.45) is 11.8 Å². The van der Waals surface area contributed by atoms with Gasteiger partial charge in [0.1, 0.15) is 23.7 Å². The average molecular weight is 414 g/mol. The second-order valence-electron chi connectivity index (χ2n) is 7.96. The van der Waals surface area contributed by atoms with Gasteiger partial charge in [0.2, 0.25) is 17.6 Å². The molecule has 2 aromatic rings. The van der Waals surface area contributed by atoms with Crippen LogP contribution in [0.25, 0.3) is 0 Å². The number of nitrogens with one attached hydrogen (secondary N) is 1. The lowest BCUT2D eigenvalue weighted by atomic mass is 9.85. The van der Waals surface area contributed by atoms with Crippen LogP contribution in [0.4, 0.5) is 10.1 Å². The Morgan fingerprint density at radius 3 is 2.34 bits per heavy atom. The highest BCUT2D eigenvalue weighted by Crippen LogP contribution is 2.40. The van der Waals surface area contributed by atoms with Gasteiger partial charge in [0.15, 0.2) is 6.04 Å². The van der Waals surface area contributed by atoms with Crippen LogP contribution in [-0.2, 0) is 9.59 Å². The summed E-state index contributed by atoms with van der Waals surface area (Å²) in [4.78, 5) is 42.2. The van der Waals surface area contributed by atoms with Crippen LogP contribution in [0.3, 0.4) is 0 Å². The summed E-state index contributed by atoms with van der Waals surface area (Å²) in [6.45, 7) is 0.761. The van der Waals surface area contributed by atoms with E-state index in [1.165, 1.54) is 29.2 Å². The first-order chi connectivity index (χ1) is 14.0. The van der Waals surface area contributed by atoms with Crippen LogP contribution in [0.1, 0.15) is 23.2 Å². The van der Waals surface area contributed by atoms with Crippen LogP contribution in [0, 0.1) is 17.7 Å². The molecule has 2 amide bonds.